The molecule has 5 nitrogen and oxygen atoms in total. The van der Waals surface area contributed by atoms with Gasteiger partial charge in [0.15, 0.2) is 11.2 Å². The van der Waals surface area contributed by atoms with Crippen LogP contribution in [0, 0.1) is 0 Å². The van der Waals surface area contributed by atoms with Crippen LogP contribution in [0.15, 0.2) is 6.33 Å². The van der Waals surface area contributed by atoms with Gasteiger partial charge >= 0.3 is 0 Å². The summed E-state index contributed by atoms with van der Waals surface area (Å²) in [6.45, 7) is 6.63. The van der Waals surface area contributed by atoms with Gasteiger partial charge in [0.1, 0.15) is 12.2 Å². The van der Waals surface area contributed by atoms with E-state index in [2.05, 4.69) is 35.3 Å². The molecule has 21 heavy (non-hydrogen) atoms. The average Bonchev–Trinajstić information content (AvgIpc) is 2.89. The van der Waals surface area contributed by atoms with E-state index in [1.165, 1.54) is 6.33 Å². The van der Waals surface area contributed by atoms with Crippen LogP contribution < -0.4 is 4.74 Å². The van der Waals surface area contributed by atoms with Gasteiger partial charge in [-0.2, -0.15) is 4.98 Å². The highest BCUT2D eigenvalue weighted by Gasteiger charge is 2.32. The molecule has 0 amide bonds. The Bertz CT molecular complexity index is 599. The lowest BCUT2D eigenvalue weighted by molar-refractivity contribution is 0.250. The molecule has 0 aromatic carbocycles. The van der Waals surface area contributed by atoms with Crippen LogP contribution in [0.25, 0.3) is 11.2 Å². The first-order valence-corrected chi connectivity index (χ1v) is 8.03. The molecule has 0 aliphatic heterocycles. The molecule has 0 aliphatic rings. The minimum absolute atomic E-state index is 0.00943. The first-order valence-electron chi connectivity index (χ1n) is 7.50. The Morgan fingerprint density at radius 3 is 2.38 bits per heavy atom. The fraction of sp³-hybridized carbons (Fsp3) is 0.667. The molecule has 0 fully saturated rings. The maximum atomic E-state index is 5.97. The number of aryl methyl sites for hydroxylation is 1. The Morgan fingerprint density at radius 2 is 1.86 bits per heavy atom. The van der Waals surface area contributed by atoms with Crippen molar-refractivity contribution in [2.45, 2.75) is 52.0 Å². The number of alkyl halides is 1. The lowest BCUT2D eigenvalue weighted by Gasteiger charge is -2.34. The van der Waals surface area contributed by atoms with E-state index in [1.807, 2.05) is 0 Å². The van der Waals surface area contributed by atoms with E-state index >= 15 is 0 Å². The Kier molecular flexibility index (Phi) is 5.04. The summed E-state index contributed by atoms with van der Waals surface area (Å²) in [7, 11) is 1.61. The highest BCUT2D eigenvalue weighted by atomic mass is 35.5. The van der Waals surface area contributed by atoms with Gasteiger partial charge in [0, 0.05) is 17.8 Å². The van der Waals surface area contributed by atoms with E-state index in [0.29, 0.717) is 18.2 Å². The van der Waals surface area contributed by atoms with Gasteiger partial charge in [-0.3, -0.25) is 0 Å². The van der Waals surface area contributed by atoms with Gasteiger partial charge < -0.3 is 9.30 Å². The summed E-state index contributed by atoms with van der Waals surface area (Å²) in [6.07, 6.45) is 5.31. The predicted molar refractivity (Wildman–Crippen MR) is 85.1 cm³/mol. The van der Waals surface area contributed by atoms with E-state index in [1.54, 1.807) is 7.11 Å². The monoisotopic (exact) mass is 310 g/mol. The van der Waals surface area contributed by atoms with Crippen molar-refractivity contribution >= 4 is 22.8 Å². The molecule has 0 aliphatic carbocycles. The number of methoxy groups -OCH3 is 1. The first-order chi connectivity index (χ1) is 10.2. The van der Waals surface area contributed by atoms with Crippen LogP contribution in [0.4, 0.5) is 0 Å². The minimum Gasteiger partial charge on any atom is -0.479 e. The fourth-order valence-corrected chi connectivity index (χ4v) is 3.21. The number of hydrogen-bond acceptors (Lipinski definition) is 4. The normalized spacial score (nSPS) is 12.0. The van der Waals surface area contributed by atoms with Crippen LogP contribution in [-0.2, 0) is 12.0 Å². The molecule has 0 saturated carbocycles. The van der Waals surface area contributed by atoms with Gasteiger partial charge in [-0.15, -0.1) is 11.6 Å². The van der Waals surface area contributed by atoms with Crippen LogP contribution in [0.3, 0.4) is 0 Å². The first kappa shape index (κ1) is 16.0. The number of aromatic nitrogens is 4. The molecule has 2 heterocycles. The van der Waals surface area contributed by atoms with E-state index in [9.17, 15) is 0 Å². The number of imidazole rings is 1. The molecule has 2 aromatic rings. The van der Waals surface area contributed by atoms with Gasteiger partial charge in [0.25, 0.3) is 0 Å². The molecular weight excluding hydrogens is 288 g/mol. The second-order valence-electron chi connectivity index (χ2n) is 5.14. The third-order valence-corrected chi connectivity index (χ3v) is 4.63. The Morgan fingerprint density at radius 1 is 1.19 bits per heavy atom. The number of ether oxygens (including phenoxy) is 1. The molecule has 116 valence electrons. The third-order valence-electron chi connectivity index (χ3n) is 4.44. The van der Waals surface area contributed by atoms with Crippen molar-refractivity contribution in [1.82, 2.24) is 19.5 Å². The van der Waals surface area contributed by atoms with E-state index in [-0.39, 0.29) is 5.54 Å². The maximum absolute atomic E-state index is 5.97. The average molecular weight is 311 g/mol. The molecule has 0 N–H and O–H groups in total. The van der Waals surface area contributed by atoms with Crippen LogP contribution in [0.2, 0.25) is 0 Å². The Hall–Kier alpha value is -1.36. The SMILES string of the molecule is CCC(CC)(CC)n1c(CCCl)nc2c(OC)ncnc21. The topological polar surface area (TPSA) is 52.8 Å². The van der Waals surface area contributed by atoms with Crippen molar-refractivity contribution in [3.63, 3.8) is 0 Å². The number of nitrogens with zero attached hydrogens (tertiary/aromatic N) is 4. The summed E-state index contributed by atoms with van der Waals surface area (Å²) in [4.78, 5) is 13.3. The van der Waals surface area contributed by atoms with Crippen molar-refractivity contribution in [3.05, 3.63) is 12.2 Å². The second-order valence-corrected chi connectivity index (χ2v) is 5.52. The molecule has 2 rings (SSSR count). The fourth-order valence-electron chi connectivity index (χ4n) is 3.04. The zero-order chi connectivity index (χ0) is 15.5. The van der Waals surface area contributed by atoms with Gasteiger partial charge in [0.2, 0.25) is 5.88 Å². The molecule has 6 heteroatoms. The highest BCUT2D eigenvalue weighted by molar-refractivity contribution is 6.17. The number of fused-ring (bicyclic) bond motifs is 1. The maximum Gasteiger partial charge on any atom is 0.245 e. The number of hydrogen-bond donors (Lipinski definition) is 0. The molecule has 0 atom stereocenters. The summed E-state index contributed by atoms with van der Waals surface area (Å²) in [6, 6.07) is 0. The Labute approximate surface area is 130 Å². The summed E-state index contributed by atoms with van der Waals surface area (Å²) in [5.41, 5.74) is 1.57. The smallest absolute Gasteiger partial charge is 0.245 e. The third kappa shape index (κ3) is 2.59. The van der Waals surface area contributed by atoms with E-state index in [4.69, 9.17) is 21.3 Å². The molecule has 0 bridgehead atoms. The minimum atomic E-state index is 0.00943. The standard InChI is InChI=1S/C15H23ClN4O/c1-5-15(6-2,7-3)20-11(8-9-16)19-12-13(20)17-10-18-14(12)21-4/h10H,5-9H2,1-4H3. The quantitative estimate of drug-likeness (QED) is 0.734. The summed E-state index contributed by atoms with van der Waals surface area (Å²) in [5.74, 6) is 2.02. The summed E-state index contributed by atoms with van der Waals surface area (Å²) >= 11 is 5.97. The zero-order valence-corrected chi connectivity index (χ0v) is 13.9. The van der Waals surface area contributed by atoms with Gasteiger partial charge in [-0.25, -0.2) is 9.97 Å². The van der Waals surface area contributed by atoms with E-state index in [0.717, 1.165) is 36.3 Å². The molecular formula is C15H23ClN4O. The largest absolute Gasteiger partial charge is 0.479 e. The zero-order valence-electron chi connectivity index (χ0n) is 13.2. The number of rotatable bonds is 7. The van der Waals surface area contributed by atoms with Crippen LogP contribution in [0.5, 0.6) is 5.88 Å². The van der Waals surface area contributed by atoms with Gasteiger partial charge in [-0.1, -0.05) is 20.8 Å². The molecule has 2 aromatic heterocycles. The number of halogens is 1. The van der Waals surface area contributed by atoms with Crippen LogP contribution in [0.1, 0.15) is 45.9 Å². The van der Waals surface area contributed by atoms with E-state index < -0.39 is 0 Å². The summed E-state index contributed by atoms with van der Waals surface area (Å²) < 4.78 is 7.59. The molecule has 0 spiro atoms. The molecule has 0 unspecified atom stereocenters. The van der Waals surface area contributed by atoms with Crippen molar-refractivity contribution in [1.29, 1.82) is 0 Å². The lowest BCUT2D eigenvalue weighted by atomic mass is 9.89. The van der Waals surface area contributed by atoms with Crippen LogP contribution in [-0.4, -0.2) is 32.5 Å². The molecule has 0 saturated heterocycles. The van der Waals surface area contributed by atoms with Crippen molar-refractivity contribution in [2.24, 2.45) is 0 Å². The summed E-state index contributed by atoms with van der Waals surface area (Å²) in [5, 5.41) is 0. The highest BCUT2D eigenvalue weighted by Crippen LogP contribution is 2.35. The van der Waals surface area contributed by atoms with Gasteiger partial charge in [0.05, 0.1) is 7.11 Å². The van der Waals surface area contributed by atoms with Crippen molar-refractivity contribution in [2.75, 3.05) is 13.0 Å². The predicted octanol–water partition coefficient (Wildman–Crippen LogP) is 3.54. The van der Waals surface area contributed by atoms with Crippen molar-refractivity contribution < 1.29 is 4.74 Å². The van der Waals surface area contributed by atoms with Gasteiger partial charge in [-0.05, 0) is 19.3 Å². The lowest BCUT2D eigenvalue weighted by Crippen LogP contribution is -2.33. The molecule has 0 radical (unpaired) electrons. The van der Waals surface area contributed by atoms with Crippen molar-refractivity contribution in [3.8, 4) is 5.88 Å². The van der Waals surface area contributed by atoms with Crippen LogP contribution >= 0.6 is 11.6 Å². The Balaban J connectivity index is 2.78. The second kappa shape index (κ2) is 6.60.